The fraction of sp³-hybridized carbons (Fsp3) is 0.192. The van der Waals surface area contributed by atoms with E-state index in [1.807, 2.05) is 50.2 Å². The quantitative estimate of drug-likeness (QED) is 0.660. The average molecular weight is 409 g/mol. The van der Waals surface area contributed by atoms with Gasteiger partial charge in [0.25, 0.3) is 5.91 Å². The second-order valence-electron chi connectivity index (χ2n) is 7.86. The molecule has 0 saturated carbocycles. The summed E-state index contributed by atoms with van der Waals surface area (Å²) in [6.45, 7) is 4.99. The normalized spacial score (nSPS) is 13.2. The van der Waals surface area contributed by atoms with E-state index >= 15 is 0 Å². The van der Waals surface area contributed by atoms with Crippen LogP contribution in [0.3, 0.4) is 0 Å². The highest BCUT2D eigenvalue weighted by atomic mass is 16.1. The van der Waals surface area contributed by atoms with E-state index in [-0.39, 0.29) is 18.5 Å². The van der Waals surface area contributed by atoms with E-state index in [1.54, 1.807) is 12.1 Å². The van der Waals surface area contributed by atoms with Crippen molar-refractivity contribution in [3.63, 3.8) is 0 Å². The molecule has 4 rings (SSSR count). The highest BCUT2D eigenvalue weighted by molar-refractivity contribution is 6.03. The molecule has 1 amide bonds. The first-order chi connectivity index (χ1) is 15.0. The van der Waals surface area contributed by atoms with Gasteiger partial charge in [-0.25, -0.2) is 0 Å². The van der Waals surface area contributed by atoms with Crippen LogP contribution in [-0.4, -0.2) is 18.2 Å². The third-order valence-corrected chi connectivity index (χ3v) is 5.63. The van der Waals surface area contributed by atoms with E-state index in [1.165, 1.54) is 5.56 Å². The number of nitriles is 1. The van der Waals surface area contributed by atoms with Crippen LogP contribution in [0.15, 0.2) is 65.7 Å². The molecule has 0 radical (unpaired) electrons. The van der Waals surface area contributed by atoms with Crippen LogP contribution in [0.1, 0.15) is 51.1 Å². The number of fused-ring (bicyclic) bond motifs is 1. The Morgan fingerprint density at radius 2 is 1.97 bits per heavy atom. The number of nitrogens with zero attached hydrogens (tertiary/aromatic N) is 2. The SMILES string of the molecule is CC1=NCc2ccc(-c3cc(C#N)cc(C(=O)NC(CN)c4cccc(C)c4)c3)cc21. The first-order valence-corrected chi connectivity index (χ1v) is 10.3. The summed E-state index contributed by atoms with van der Waals surface area (Å²) in [5, 5.41) is 12.5. The van der Waals surface area contributed by atoms with Gasteiger partial charge in [0.1, 0.15) is 0 Å². The molecule has 0 bridgehead atoms. The molecular weight excluding hydrogens is 384 g/mol. The lowest BCUT2D eigenvalue weighted by Crippen LogP contribution is -2.33. The first kappa shape index (κ1) is 20.5. The van der Waals surface area contributed by atoms with Crippen LogP contribution in [0.25, 0.3) is 11.1 Å². The van der Waals surface area contributed by atoms with Gasteiger partial charge in [0, 0.05) is 23.4 Å². The third-order valence-electron chi connectivity index (χ3n) is 5.63. The standard InChI is InChI=1S/C26H24N4O/c1-16-4-3-5-20(8-16)25(14-28)30-26(31)23-10-18(13-27)9-22(11-23)19-6-7-21-15-29-17(2)24(21)12-19/h3-12,25H,14-15,28H2,1-2H3,(H,30,31). The zero-order valence-corrected chi connectivity index (χ0v) is 17.6. The van der Waals surface area contributed by atoms with Crippen molar-refractivity contribution in [1.29, 1.82) is 5.26 Å². The van der Waals surface area contributed by atoms with Gasteiger partial charge in [-0.05, 0) is 60.4 Å². The molecule has 1 aliphatic rings. The number of nitrogens with one attached hydrogen (secondary N) is 1. The van der Waals surface area contributed by atoms with E-state index in [0.29, 0.717) is 17.7 Å². The number of rotatable bonds is 5. The highest BCUT2D eigenvalue weighted by Gasteiger charge is 2.18. The second kappa shape index (κ2) is 8.55. The maximum absolute atomic E-state index is 13.1. The topological polar surface area (TPSA) is 91.3 Å². The molecule has 31 heavy (non-hydrogen) atoms. The lowest BCUT2D eigenvalue weighted by atomic mass is 9.95. The van der Waals surface area contributed by atoms with Gasteiger partial charge in [0.15, 0.2) is 0 Å². The third kappa shape index (κ3) is 4.25. The fourth-order valence-corrected chi connectivity index (χ4v) is 3.92. The maximum Gasteiger partial charge on any atom is 0.251 e. The molecule has 5 nitrogen and oxygen atoms in total. The molecule has 0 spiro atoms. The summed E-state index contributed by atoms with van der Waals surface area (Å²) in [7, 11) is 0. The van der Waals surface area contributed by atoms with Crippen molar-refractivity contribution >= 4 is 11.6 Å². The van der Waals surface area contributed by atoms with Crippen LogP contribution in [0.2, 0.25) is 0 Å². The zero-order valence-electron chi connectivity index (χ0n) is 17.6. The summed E-state index contributed by atoms with van der Waals surface area (Å²) in [6, 6.07) is 21.2. The summed E-state index contributed by atoms with van der Waals surface area (Å²) in [6.07, 6.45) is 0. The maximum atomic E-state index is 13.1. The van der Waals surface area contributed by atoms with Gasteiger partial charge in [-0.3, -0.25) is 9.79 Å². The Balaban J connectivity index is 1.66. The fourth-order valence-electron chi connectivity index (χ4n) is 3.92. The van der Waals surface area contributed by atoms with Crippen LogP contribution in [0.4, 0.5) is 0 Å². The average Bonchev–Trinajstić information content (AvgIpc) is 3.17. The zero-order chi connectivity index (χ0) is 22.0. The lowest BCUT2D eigenvalue weighted by molar-refractivity contribution is 0.0938. The predicted octanol–water partition coefficient (Wildman–Crippen LogP) is 4.29. The Hall–Kier alpha value is -3.75. The molecule has 3 N–H and O–H groups in total. The summed E-state index contributed by atoms with van der Waals surface area (Å²) in [4.78, 5) is 17.6. The summed E-state index contributed by atoms with van der Waals surface area (Å²) < 4.78 is 0. The molecule has 1 atom stereocenters. The molecule has 3 aromatic rings. The van der Waals surface area contributed by atoms with Gasteiger partial charge in [-0.1, -0.05) is 42.0 Å². The smallest absolute Gasteiger partial charge is 0.251 e. The van der Waals surface area contributed by atoms with Crippen molar-refractivity contribution in [3.05, 3.63) is 94.0 Å². The number of carbonyl (C=O) groups excluding carboxylic acids is 1. The van der Waals surface area contributed by atoms with Crippen LogP contribution >= 0.6 is 0 Å². The van der Waals surface area contributed by atoms with Crippen molar-refractivity contribution in [2.75, 3.05) is 6.54 Å². The Bertz CT molecular complexity index is 1240. The number of amides is 1. The number of aliphatic imine (C=N–C) groups is 1. The van der Waals surface area contributed by atoms with Gasteiger partial charge < -0.3 is 11.1 Å². The molecule has 1 unspecified atom stereocenters. The Kier molecular flexibility index (Phi) is 5.66. The summed E-state index contributed by atoms with van der Waals surface area (Å²) in [5.74, 6) is -0.255. The molecule has 3 aromatic carbocycles. The summed E-state index contributed by atoms with van der Waals surface area (Å²) >= 11 is 0. The van der Waals surface area contributed by atoms with Crippen LogP contribution < -0.4 is 11.1 Å². The molecule has 1 aliphatic heterocycles. The number of carbonyl (C=O) groups is 1. The number of benzene rings is 3. The molecule has 0 fully saturated rings. The molecule has 0 aromatic heterocycles. The van der Waals surface area contributed by atoms with E-state index in [0.717, 1.165) is 33.5 Å². The Morgan fingerprint density at radius 3 is 2.71 bits per heavy atom. The second-order valence-corrected chi connectivity index (χ2v) is 7.86. The minimum Gasteiger partial charge on any atom is -0.344 e. The monoisotopic (exact) mass is 408 g/mol. The van der Waals surface area contributed by atoms with Crippen LogP contribution in [0, 0.1) is 18.3 Å². The Labute approximate surface area is 182 Å². The van der Waals surface area contributed by atoms with E-state index in [2.05, 4.69) is 28.5 Å². The van der Waals surface area contributed by atoms with Gasteiger partial charge in [-0.15, -0.1) is 0 Å². The highest BCUT2D eigenvalue weighted by Crippen LogP contribution is 2.28. The van der Waals surface area contributed by atoms with Gasteiger partial charge >= 0.3 is 0 Å². The van der Waals surface area contributed by atoms with Crippen molar-refractivity contribution in [3.8, 4) is 17.2 Å². The van der Waals surface area contributed by atoms with Crippen molar-refractivity contribution in [1.82, 2.24) is 5.32 Å². The van der Waals surface area contributed by atoms with E-state index in [9.17, 15) is 10.1 Å². The van der Waals surface area contributed by atoms with Crippen LogP contribution in [0.5, 0.6) is 0 Å². The molecule has 154 valence electrons. The number of hydrogen-bond acceptors (Lipinski definition) is 4. The number of aryl methyl sites for hydroxylation is 1. The Morgan fingerprint density at radius 1 is 1.13 bits per heavy atom. The van der Waals surface area contributed by atoms with E-state index in [4.69, 9.17) is 5.73 Å². The predicted molar refractivity (Wildman–Crippen MR) is 123 cm³/mol. The molecule has 1 heterocycles. The minimum atomic E-state index is -0.305. The molecule has 0 aliphatic carbocycles. The van der Waals surface area contributed by atoms with Crippen molar-refractivity contribution in [2.45, 2.75) is 26.4 Å². The van der Waals surface area contributed by atoms with Crippen molar-refractivity contribution < 1.29 is 4.79 Å². The van der Waals surface area contributed by atoms with Crippen LogP contribution in [-0.2, 0) is 6.54 Å². The molecular formula is C26H24N4O. The van der Waals surface area contributed by atoms with Crippen molar-refractivity contribution in [2.24, 2.45) is 10.7 Å². The van der Waals surface area contributed by atoms with Gasteiger partial charge in [0.2, 0.25) is 0 Å². The summed E-state index contributed by atoms with van der Waals surface area (Å²) in [5.41, 5.74) is 14.0. The van der Waals surface area contributed by atoms with Gasteiger partial charge in [0.05, 0.1) is 24.2 Å². The molecule has 5 heteroatoms. The number of hydrogen-bond donors (Lipinski definition) is 2. The largest absolute Gasteiger partial charge is 0.344 e. The molecule has 0 saturated heterocycles. The number of nitrogens with two attached hydrogens (primary N) is 1. The van der Waals surface area contributed by atoms with E-state index < -0.39 is 0 Å². The lowest BCUT2D eigenvalue weighted by Gasteiger charge is -2.18. The first-order valence-electron chi connectivity index (χ1n) is 10.3. The van der Waals surface area contributed by atoms with Gasteiger partial charge in [-0.2, -0.15) is 5.26 Å². The minimum absolute atomic E-state index is 0.255.